The standard InChI is InChI=1S/C24H33N5O4/c1-16(2)10-12-26-23(32)24(3)15-29-19(22(31)28(24)4)14-18(27-29)21(30)25-13-11-17-8-6-7-9-20(17)33-5/h6-9,14,16H,10-13,15H2,1-5H3,(H,25,30)(H,26,32). The fourth-order valence-electron chi connectivity index (χ4n) is 3.81. The lowest BCUT2D eigenvalue weighted by molar-refractivity contribution is -0.132. The van der Waals surface area contributed by atoms with Gasteiger partial charge in [-0.05, 0) is 37.3 Å². The highest BCUT2D eigenvalue weighted by atomic mass is 16.5. The van der Waals surface area contributed by atoms with Crippen molar-refractivity contribution in [3.8, 4) is 5.75 Å². The fraction of sp³-hybridized carbons (Fsp3) is 0.500. The second-order valence-electron chi connectivity index (χ2n) is 8.97. The predicted octanol–water partition coefficient (Wildman–Crippen LogP) is 1.87. The highest BCUT2D eigenvalue weighted by Crippen LogP contribution is 2.26. The van der Waals surface area contributed by atoms with Crippen molar-refractivity contribution in [1.29, 1.82) is 0 Å². The van der Waals surface area contributed by atoms with E-state index in [1.807, 2.05) is 24.3 Å². The molecule has 1 aromatic heterocycles. The van der Waals surface area contributed by atoms with E-state index in [1.54, 1.807) is 21.1 Å². The van der Waals surface area contributed by atoms with Crippen LogP contribution >= 0.6 is 0 Å². The van der Waals surface area contributed by atoms with Gasteiger partial charge in [-0.25, -0.2) is 0 Å². The van der Waals surface area contributed by atoms with Gasteiger partial charge in [-0.1, -0.05) is 32.0 Å². The van der Waals surface area contributed by atoms with Crippen molar-refractivity contribution in [2.75, 3.05) is 27.2 Å². The second-order valence-corrected chi connectivity index (χ2v) is 8.97. The quantitative estimate of drug-likeness (QED) is 0.601. The summed E-state index contributed by atoms with van der Waals surface area (Å²) in [5.41, 5.74) is 0.335. The first-order chi connectivity index (χ1) is 15.7. The number of para-hydroxylation sites is 1. The van der Waals surface area contributed by atoms with Gasteiger partial charge in [0, 0.05) is 26.2 Å². The van der Waals surface area contributed by atoms with Gasteiger partial charge in [-0.15, -0.1) is 0 Å². The molecule has 1 atom stereocenters. The molecule has 0 fully saturated rings. The van der Waals surface area contributed by atoms with Gasteiger partial charge < -0.3 is 20.3 Å². The molecule has 3 rings (SSSR count). The van der Waals surface area contributed by atoms with Crippen LogP contribution in [0.2, 0.25) is 0 Å². The number of aromatic nitrogens is 2. The number of hydrogen-bond acceptors (Lipinski definition) is 5. The molecule has 0 spiro atoms. The molecule has 3 amide bonds. The minimum atomic E-state index is -1.09. The lowest BCUT2D eigenvalue weighted by atomic mass is 9.95. The number of methoxy groups -OCH3 is 1. The third-order valence-electron chi connectivity index (χ3n) is 6.10. The summed E-state index contributed by atoms with van der Waals surface area (Å²) >= 11 is 0. The summed E-state index contributed by atoms with van der Waals surface area (Å²) in [7, 11) is 3.22. The molecule has 9 heteroatoms. The molecule has 1 unspecified atom stereocenters. The topological polar surface area (TPSA) is 106 Å². The van der Waals surface area contributed by atoms with Crippen molar-refractivity contribution in [1.82, 2.24) is 25.3 Å². The SMILES string of the molecule is COc1ccccc1CCNC(=O)c1cc2n(n1)CC(C)(C(=O)NCCC(C)C)N(C)C2=O. The summed E-state index contributed by atoms with van der Waals surface area (Å²) in [5, 5.41) is 10.1. The monoisotopic (exact) mass is 455 g/mol. The molecule has 1 aliphatic heterocycles. The normalized spacial score (nSPS) is 17.6. The molecular formula is C24H33N5O4. The lowest BCUT2D eigenvalue weighted by Crippen LogP contribution is -2.62. The van der Waals surface area contributed by atoms with Gasteiger partial charge in [0.2, 0.25) is 5.91 Å². The molecule has 2 aromatic rings. The Morgan fingerprint density at radius 2 is 1.94 bits per heavy atom. The lowest BCUT2D eigenvalue weighted by Gasteiger charge is -2.40. The Labute approximate surface area is 194 Å². The summed E-state index contributed by atoms with van der Waals surface area (Å²) in [5.74, 6) is 0.283. The summed E-state index contributed by atoms with van der Waals surface area (Å²) in [4.78, 5) is 40.0. The van der Waals surface area contributed by atoms with E-state index < -0.39 is 5.54 Å². The van der Waals surface area contributed by atoms with Crippen LogP contribution in [-0.4, -0.2) is 65.2 Å². The Morgan fingerprint density at radius 1 is 1.21 bits per heavy atom. The van der Waals surface area contributed by atoms with Crippen LogP contribution in [0.5, 0.6) is 5.75 Å². The fourth-order valence-corrected chi connectivity index (χ4v) is 3.81. The molecular weight excluding hydrogens is 422 g/mol. The van der Waals surface area contributed by atoms with Crippen LogP contribution in [0.3, 0.4) is 0 Å². The summed E-state index contributed by atoms with van der Waals surface area (Å²) in [6.07, 6.45) is 1.45. The third-order valence-corrected chi connectivity index (χ3v) is 6.10. The number of amides is 3. The number of nitrogens with one attached hydrogen (secondary N) is 2. The van der Waals surface area contributed by atoms with Crippen molar-refractivity contribution in [3.63, 3.8) is 0 Å². The molecule has 0 bridgehead atoms. The minimum Gasteiger partial charge on any atom is -0.496 e. The Balaban J connectivity index is 1.67. The first-order valence-corrected chi connectivity index (χ1v) is 11.2. The first kappa shape index (κ1) is 24.3. The molecule has 2 heterocycles. The maximum Gasteiger partial charge on any atom is 0.272 e. The van der Waals surface area contributed by atoms with E-state index in [1.165, 1.54) is 15.6 Å². The maximum atomic E-state index is 13.0. The average Bonchev–Trinajstić information content (AvgIpc) is 3.21. The first-order valence-electron chi connectivity index (χ1n) is 11.2. The summed E-state index contributed by atoms with van der Waals surface area (Å²) in [6.45, 7) is 7.00. The number of ether oxygens (including phenoxy) is 1. The van der Waals surface area contributed by atoms with Crippen LogP contribution in [0.4, 0.5) is 0 Å². The number of likely N-dealkylation sites (N-methyl/N-ethyl adjacent to an activating group) is 1. The van der Waals surface area contributed by atoms with Crippen LogP contribution in [0.1, 0.15) is 53.7 Å². The van der Waals surface area contributed by atoms with Crippen LogP contribution in [0.15, 0.2) is 30.3 Å². The molecule has 0 saturated carbocycles. The van der Waals surface area contributed by atoms with E-state index >= 15 is 0 Å². The second kappa shape index (κ2) is 10.1. The number of nitrogens with zero attached hydrogens (tertiary/aromatic N) is 3. The Bertz CT molecular complexity index is 1030. The van der Waals surface area contributed by atoms with Gasteiger partial charge >= 0.3 is 0 Å². The average molecular weight is 456 g/mol. The van der Waals surface area contributed by atoms with Crippen LogP contribution < -0.4 is 15.4 Å². The maximum absolute atomic E-state index is 13.0. The van der Waals surface area contributed by atoms with Gasteiger partial charge in [0.25, 0.3) is 11.8 Å². The summed E-state index contributed by atoms with van der Waals surface area (Å²) in [6, 6.07) is 9.11. The van der Waals surface area contributed by atoms with E-state index in [0.29, 0.717) is 31.1 Å². The van der Waals surface area contributed by atoms with E-state index in [9.17, 15) is 14.4 Å². The number of hydrogen-bond donors (Lipinski definition) is 2. The molecule has 2 N–H and O–H groups in total. The van der Waals surface area contributed by atoms with Gasteiger partial charge in [0.05, 0.1) is 13.7 Å². The Hall–Kier alpha value is -3.36. The molecule has 1 aliphatic rings. The number of fused-ring (bicyclic) bond motifs is 1. The number of carbonyl (C=O) groups is 3. The van der Waals surface area contributed by atoms with Crippen LogP contribution in [-0.2, 0) is 17.8 Å². The molecule has 0 saturated heterocycles. The van der Waals surface area contributed by atoms with Gasteiger partial charge in [-0.3, -0.25) is 19.1 Å². The van der Waals surface area contributed by atoms with Gasteiger partial charge in [-0.2, -0.15) is 5.10 Å². The van der Waals surface area contributed by atoms with Crippen molar-refractivity contribution in [2.24, 2.45) is 5.92 Å². The highest BCUT2D eigenvalue weighted by molar-refractivity contribution is 6.01. The Kier molecular flexibility index (Phi) is 7.40. The zero-order chi connectivity index (χ0) is 24.2. The van der Waals surface area contributed by atoms with E-state index in [4.69, 9.17) is 4.74 Å². The van der Waals surface area contributed by atoms with Gasteiger partial charge in [0.1, 0.15) is 17.0 Å². The van der Waals surface area contributed by atoms with Gasteiger partial charge in [0.15, 0.2) is 5.69 Å². The van der Waals surface area contributed by atoms with Crippen molar-refractivity contribution >= 4 is 17.7 Å². The van der Waals surface area contributed by atoms with Crippen LogP contribution in [0.25, 0.3) is 0 Å². The molecule has 0 aliphatic carbocycles. The number of rotatable bonds is 9. The van der Waals surface area contributed by atoms with Crippen molar-refractivity contribution in [2.45, 2.75) is 45.7 Å². The molecule has 1 aromatic carbocycles. The third kappa shape index (κ3) is 5.18. The molecule has 0 radical (unpaired) electrons. The highest BCUT2D eigenvalue weighted by Gasteiger charge is 2.46. The van der Waals surface area contributed by atoms with Crippen molar-refractivity contribution < 1.29 is 19.1 Å². The Morgan fingerprint density at radius 3 is 2.64 bits per heavy atom. The smallest absolute Gasteiger partial charge is 0.272 e. The summed E-state index contributed by atoms with van der Waals surface area (Å²) < 4.78 is 6.79. The predicted molar refractivity (Wildman–Crippen MR) is 124 cm³/mol. The van der Waals surface area contributed by atoms with E-state index in [0.717, 1.165) is 17.7 Å². The van der Waals surface area contributed by atoms with Crippen molar-refractivity contribution in [3.05, 3.63) is 47.3 Å². The number of benzene rings is 1. The molecule has 33 heavy (non-hydrogen) atoms. The molecule has 178 valence electrons. The minimum absolute atomic E-state index is 0.149. The van der Waals surface area contributed by atoms with Crippen LogP contribution in [0, 0.1) is 5.92 Å². The largest absolute Gasteiger partial charge is 0.496 e. The zero-order valence-corrected chi connectivity index (χ0v) is 20.0. The van der Waals surface area contributed by atoms with E-state index in [-0.39, 0.29) is 30.0 Å². The molecule has 9 nitrogen and oxygen atoms in total. The number of carbonyl (C=O) groups excluding carboxylic acids is 3. The van der Waals surface area contributed by atoms with E-state index in [2.05, 4.69) is 29.6 Å². The zero-order valence-electron chi connectivity index (χ0n) is 20.0.